The van der Waals surface area contributed by atoms with Gasteiger partial charge >= 0.3 is 0 Å². The van der Waals surface area contributed by atoms with Gasteiger partial charge in [-0.25, -0.2) is 0 Å². The van der Waals surface area contributed by atoms with Gasteiger partial charge in [0.15, 0.2) is 0 Å². The molecule has 2 nitrogen and oxygen atoms in total. The molecule has 0 saturated heterocycles. The fourth-order valence-electron chi connectivity index (χ4n) is 3.81. The van der Waals surface area contributed by atoms with Crippen LogP contribution in [0.3, 0.4) is 0 Å². The first kappa shape index (κ1) is 16.3. The third-order valence-corrected chi connectivity index (χ3v) is 5.69. The summed E-state index contributed by atoms with van der Waals surface area (Å²) < 4.78 is 0. The molecule has 1 unspecified atom stereocenters. The molecular formula is C21H29NO. The maximum Gasteiger partial charge on any atom is 0.0717 e. The SMILES string of the molecule is C=Cc1cc2c(c(NOC)c1/C=C(\C)C1CC1)CC(C)(CC)C2. The van der Waals surface area contributed by atoms with Gasteiger partial charge in [-0.05, 0) is 60.6 Å². The fraction of sp³-hybridized carbons (Fsp3) is 0.524. The lowest BCUT2D eigenvalue weighted by Crippen LogP contribution is -2.14. The molecule has 23 heavy (non-hydrogen) atoms. The van der Waals surface area contributed by atoms with Crippen LogP contribution in [0.15, 0.2) is 18.2 Å². The number of anilines is 1. The molecule has 0 amide bonds. The molecule has 2 aliphatic carbocycles. The van der Waals surface area contributed by atoms with Crippen LogP contribution in [-0.2, 0) is 17.7 Å². The van der Waals surface area contributed by atoms with Gasteiger partial charge < -0.3 is 0 Å². The van der Waals surface area contributed by atoms with Gasteiger partial charge in [0.25, 0.3) is 0 Å². The summed E-state index contributed by atoms with van der Waals surface area (Å²) in [6.45, 7) is 11.0. The molecule has 1 aromatic rings. The van der Waals surface area contributed by atoms with Crippen molar-refractivity contribution in [3.63, 3.8) is 0 Å². The zero-order valence-electron chi connectivity index (χ0n) is 15.0. The van der Waals surface area contributed by atoms with Crippen molar-refractivity contribution in [2.24, 2.45) is 11.3 Å². The number of allylic oxidation sites excluding steroid dienone is 1. The van der Waals surface area contributed by atoms with Crippen molar-refractivity contribution in [1.82, 2.24) is 0 Å². The molecule has 1 saturated carbocycles. The second kappa shape index (κ2) is 6.16. The van der Waals surface area contributed by atoms with Crippen LogP contribution in [0.1, 0.15) is 62.3 Å². The van der Waals surface area contributed by atoms with E-state index < -0.39 is 0 Å². The molecule has 0 spiro atoms. The largest absolute Gasteiger partial charge is 0.279 e. The van der Waals surface area contributed by atoms with Gasteiger partial charge in [-0.1, -0.05) is 50.6 Å². The van der Waals surface area contributed by atoms with E-state index in [9.17, 15) is 0 Å². The highest BCUT2D eigenvalue weighted by Gasteiger charge is 2.34. The molecule has 2 heteroatoms. The van der Waals surface area contributed by atoms with Crippen LogP contribution in [0.25, 0.3) is 12.2 Å². The summed E-state index contributed by atoms with van der Waals surface area (Å²) >= 11 is 0. The van der Waals surface area contributed by atoms with Gasteiger partial charge in [0.05, 0.1) is 12.8 Å². The van der Waals surface area contributed by atoms with E-state index in [4.69, 9.17) is 4.84 Å². The van der Waals surface area contributed by atoms with E-state index in [-0.39, 0.29) is 0 Å². The lowest BCUT2D eigenvalue weighted by Gasteiger charge is -2.21. The molecule has 1 fully saturated rings. The van der Waals surface area contributed by atoms with E-state index in [0.717, 1.165) is 24.4 Å². The molecule has 0 heterocycles. The Balaban J connectivity index is 2.13. The second-order valence-corrected chi connectivity index (χ2v) is 7.58. The third-order valence-electron chi connectivity index (χ3n) is 5.69. The minimum absolute atomic E-state index is 0.360. The fourth-order valence-corrected chi connectivity index (χ4v) is 3.81. The van der Waals surface area contributed by atoms with Crippen molar-refractivity contribution in [3.05, 3.63) is 40.5 Å². The molecule has 1 atom stereocenters. The predicted octanol–water partition coefficient (Wildman–Crippen LogP) is 5.63. The van der Waals surface area contributed by atoms with Gasteiger partial charge in [0.2, 0.25) is 0 Å². The maximum atomic E-state index is 5.34. The zero-order chi connectivity index (χ0) is 16.6. The van der Waals surface area contributed by atoms with Gasteiger partial charge in [0.1, 0.15) is 0 Å². The van der Waals surface area contributed by atoms with Crippen molar-refractivity contribution in [3.8, 4) is 0 Å². The second-order valence-electron chi connectivity index (χ2n) is 7.58. The summed E-state index contributed by atoms with van der Waals surface area (Å²) in [5.74, 6) is 0.775. The third kappa shape index (κ3) is 3.10. The van der Waals surface area contributed by atoms with Crippen LogP contribution in [-0.4, -0.2) is 7.11 Å². The van der Waals surface area contributed by atoms with E-state index in [1.54, 1.807) is 7.11 Å². The number of fused-ring (bicyclic) bond motifs is 1. The Morgan fingerprint density at radius 3 is 2.74 bits per heavy atom. The molecule has 1 aromatic carbocycles. The highest BCUT2D eigenvalue weighted by atomic mass is 16.6. The number of hydrogen-bond donors (Lipinski definition) is 1. The van der Waals surface area contributed by atoms with E-state index >= 15 is 0 Å². The van der Waals surface area contributed by atoms with Crippen molar-refractivity contribution in [1.29, 1.82) is 0 Å². The molecule has 0 bridgehead atoms. The van der Waals surface area contributed by atoms with Crippen LogP contribution in [0.4, 0.5) is 5.69 Å². The Kier molecular flexibility index (Phi) is 4.37. The Morgan fingerprint density at radius 2 is 2.17 bits per heavy atom. The van der Waals surface area contributed by atoms with E-state index in [1.807, 2.05) is 6.08 Å². The summed E-state index contributed by atoms with van der Waals surface area (Å²) in [6, 6.07) is 2.34. The average Bonchev–Trinajstić information content (AvgIpc) is 3.32. The highest BCUT2D eigenvalue weighted by molar-refractivity contribution is 5.80. The number of benzene rings is 1. The Bertz CT molecular complexity index is 654. The van der Waals surface area contributed by atoms with Crippen molar-refractivity contribution in [2.75, 3.05) is 12.6 Å². The first-order valence-electron chi connectivity index (χ1n) is 8.79. The smallest absolute Gasteiger partial charge is 0.0717 e. The van der Waals surface area contributed by atoms with Crippen LogP contribution in [0.5, 0.6) is 0 Å². The summed E-state index contributed by atoms with van der Waals surface area (Å²) in [4.78, 5) is 5.34. The standard InChI is InChI=1S/C21H29NO/c1-6-15-11-17-12-21(4,7-2)13-19(17)20(22-23-5)18(15)10-14(3)16-8-9-16/h6,10-11,16,22H,1,7-9,12-13H2,2-5H3/b14-10+. The Hall–Kier alpha value is -1.54. The van der Waals surface area contributed by atoms with Crippen LogP contribution >= 0.6 is 0 Å². The van der Waals surface area contributed by atoms with E-state index in [0.29, 0.717) is 5.41 Å². The summed E-state index contributed by atoms with van der Waals surface area (Å²) in [5, 5.41) is 0. The lowest BCUT2D eigenvalue weighted by molar-refractivity contribution is 0.270. The highest BCUT2D eigenvalue weighted by Crippen LogP contribution is 2.46. The summed E-state index contributed by atoms with van der Waals surface area (Å²) in [5.41, 5.74) is 11.5. The lowest BCUT2D eigenvalue weighted by atomic mass is 9.84. The first-order chi connectivity index (χ1) is 11.0. The molecule has 3 rings (SSSR count). The number of rotatable bonds is 6. The molecular weight excluding hydrogens is 282 g/mol. The van der Waals surface area contributed by atoms with E-state index in [1.165, 1.54) is 47.1 Å². The van der Waals surface area contributed by atoms with E-state index in [2.05, 4.69) is 45.0 Å². The minimum Gasteiger partial charge on any atom is -0.279 e. The van der Waals surface area contributed by atoms with Gasteiger partial charge in [-0.3, -0.25) is 10.3 Å². The molecule has 2 aliphatic rings. The molecule has 124 valence electrons. The van der Waals surface area contributed by atoms with Gasteiger partial charge in [-0.15, -0.1) is 0 Å². The predicted molar refractivity (Wildman–Crippen MR) is 99.3 cm³/mol. The molecule has 0 radical (unpaired) electrons. The number of hydrogen-bond acceptors (Lipinski definition) is 2. The number of nitrogens with one attached hydrogen (secondary N) is 1. The van der Waals surface area contributed by atoms with Crippen molar-refractivity contribution < 1.29 is 4.84 Å². The van der Waals surface area contributed by atoms with Crippen molar-refractivity contribution in [2.45, 2.75) is 52.9 Å². The first-order valence-corrected chi connectivity index (χ1v) is 8.79. The van der Waals surface area contributed by atoms with Crippen LogP contribution < -0.4 is 5.48 Å². The zero-order valence-corrected chi connectivity index (χ0v) is 15.0. The summed E-state index contributed by atoms with van der Waals surface area (Å²) in [7, 11) is 1.70. The monoisotopic (exact) mass is 311 g/mol. The van der Waals surface area contributed by atoms with Gasteiger partial charge in [0, 0.05) is 5.56 Å². The quantitative estimate of drug-likeness (QED) is 0.687. The molecule has 0 aliphatic heterocycles. The maximum absolute atomic E-state index is 5.34. The minimum atomic E-state index is 0.360. The molecule has 0 aromatic heterocycles. The van der Waals surface area contributed by atoms with Crippen LogP contribution in [0, 0.1) is 11.3 Å². The normalized spacial score (nSPS) is 23.7. The Labute approximate surface area is 140 Å². The van der Waals surface area contributed by atoms with Crippen LogP contribution in [0.2, 0.25) is 0 Å². The molecule has 1 N–H and O–H groups in total. The Morgan fingerprint density at radius 1 is 1.43 bits per heavy atom. The average molecular weight is 311 g/mol. The van der Waals surface area contributed by atoms with Crippen molar-refractivity contribution >= 4 is 17.8 Å². The topological polar surface area (TPSA) is 21.3 Å². The van der Waals surface area contributed by atoms with Gasteiger partial charge in [-0.2, -0.15) is 0 Å². The summed E-state index contributed by atoms with van der Waals surface area (Å²) in [6.07, 6.45) is 10.4.